The van der Waals surface area contributed by atoms with Crippen LogP contribution in [0.2, 0.25) is 0 Å². The van der Waals surface area contributed by atoms with E-state index in [0.717, 1.165) is 19.6 Å². The normalized spacial score (nSPS) is 25.1. The number of carboxylic acids is 1. The lowest BCUT2D eigenvalue weighted by atomic mass is 10.1. The molecule has 1 fully saturated rings. The Morgan fingerprint density at radius 2 is 2.50 bits per heavy atom. The molecule has 1 aliphatic rings. The number of nitrogens with one attached hydrogen (secondary N) is 1. The maximum Gasteiger partial charge on any atom is 0.321 e. The number of rotatable bonds is 5. The number of nitrogens with zero attached hydrogens (tertiary/aromatic N) is 1. The molecule has 5 heteroatoms. The topological polar surface area (TPSA) is 78.6 Å². The maximum absolute atomic E-state index is 10.4. The first kappa shape index (κ1) is 11.4. The van der Waals surface area contributed by atoms with Gasteiger partial charge in [0.2, 0.25) is 0 Å². The van der Waals surface area contributed by atoms with E-state index in [1.807, 2.05) is 0 Å². The molecule has 0 aromatic rings. The van der Waals surface area contributed by atoms with Gasteiger partial charge in [0, 0.05) is 13.1 Å². The van der Waals surface area contributed by atoms with Crippen LogP contribution in [0.3, 0.4) is 0 Å². The van der Waals surface area contributed by atoms with Gasteiger partial charge in [0.25, 0.3) is 0 Å². The third-order valence-electron chi connectivity index (χ3n) is 2.60. The summed E-state index contributed by atoms with van der Waals surface area (Å²) in [4.78, 5) is 12.7. The van der Waals surface area contributed by atoms with Gasteiger partial charge >= 0.3 is 5.97 Å². The highest BCUT2D eigenvalue weighted by atomic mass is 16.4. The Hall–Kier alpha value is -0.650. The molecule has 4 N–H and O–H groups in total. The Labute approximate surface area is 84.3 Å². The summed E-state index contributed by atoms with van der Waals surface area (Å²) in [5, 5.41) is 11.6. The standard InChI is InChI=1S/C9H19N3O2/c1-12-3-2-7(6-12)4-11-5-8(10)9(13)14/h7-8,11H,2-6,10H2,1H3,(H,13,14). The fraction of sp³-hybridized carbons (Fsp3) is 0.889. The summed E-state index contributed by atoms with van der Waals surface area (Å²) in [5.41, 5.74) is 5.36. The van der Waals surface area contributed by atoms with Crippen molar-refractivity contribution in [2.24, 2.45) is 11.7 Å². The molecule has 0 saturated carbocycles. The van der Waals surface area contributed by atoms with Crippen LogP contribution >= 0.6 is 0 Å². The molecule has 1 aliphatic heterocycles. The van der Waals surface area contributed by atoms with Crippen molar-refractivity contribution in [1.29, 1.82) is 0 Å². The van der Waals surface area contributed by atoms with Crippen molar-refractivity contribution in [3.63, 3.8) is 0 Å². The molecule has 0 aliphatic carbocycles. The van der Waals surface area contributed by atoms with Crippen molar-refractivity contribution >= 4 is 5.97 Å². The van der Waals surface area contributed by atoms with Crippen molar-refractivity contribution < 1.29 is 9.90 Å². The van der Waals surface area contributed by atoms with E-state index in [0.29, 0.717) is 12.5 Å². The first-order valence-electron chi connectivity index (χ1n) is 4.97. The van der Waals surface area contributed by atoms with Crippen LogP contribution in [-0.2, 0) is 4.79 Å². The predicted molar refractivity (Wildman–Crippen MR) is 54.1 cm³/mol. The summed E-state index contributed by atoms with van der Waals surface area (Å²) < 4.78 is 0. The number of carbonyl (C=O) groups is 1. The van der Waals surface area contributed by atoms with E-state index in [9.17, 15) is 4.79 Å². The monoisotopic (exact) mass is 201 g/mol. The molecule has 14 heavy (non-hydrogen) atoms. The molecule has 1 heterocycles. The highest BCUT2D eigenvalue weighted by Crippen LogP contribution is 2.12. The quantitative estimate of drug-likeness (QED) is 0.528. The molecule has 82 valence electrons. The molecule has 0 bridgehead atoms. The summed E-state index contributed by atoms with van der Waals surface area (Å²) in [6.45, 7) is 3.45. The Kier molecular flexibility index (Phi) is 4.31. The molecule has 0 spiro atoms. The molecule has 2 atom stereocenters. The van der Waals surface area contributed by atoms with Crippen LogP contribution in [0.4, 0.5) is 0 Å². The summed E-state index contributed by atoms with van der Waals surface area (Å²) in [7, 11) is 2.10. The van der Waals surface area contributed by atoms with E-state index >= 15 is 0 Å². The number of hydrogen-bond acceptors (Lipinski definition) is 4. The fourth-order valence-electron chi connectivity index (χ4n) is 1.72. The van der Waals surface area contributed by atoms with Gasteiger partial charge in [-0.05, 0) is 32.5 Å². The number of hydrogen-bond donors (Lipinski definition) is 3. The lowest BCUT2D eigenvalue weighted by Gasteiger charge is -2.13. The molecule has 0 amide bonds. The minimum atomic E-state index is -0.943. The molecule has 0 aromatic carbocycles. The van der Waals surface area contributed by atoms with Gasteiger partial charge in [0.1, 0.15) is 6.04 Å². The minimum absolute atomic E-state index is 0.357. The number of nitrogens with two attached hydrogens (primary N) is 1. The average molecular weight is 201 g/mol. The van der Waals surface area contributed by atoms with Crippen LogP contribution in [0.25, 0.3) is 0 Å². The van der Waals surface area contributed by atoms with Crippen LogP contribution in [0.15, 0.2) is 0 Å². The summed E-state index contributed by atoms with van der Waals surface area (Å²) in [6, 6.07) is -0.783. The molecule has 2 unspecified atom stereocenters. The smallest absolute Gasteiger partial charge is 0.321 e. The zero-order chi connectivity index (χ0) is 10.6. The van der Waals surface area contributed by atoms with Gasteiger partial charge < -0.3 is 21.1 Å². The molecule has 1 rings (SSSR count). The average Bonchev–Trinajstić information content (AvgIpc) is 2.51. The van der Waals surface area contributed by atoms with Crippen LogP contribution in [-0.4, -0.2) is 55.2 Å². The van der Waals surface area contributed by atoms with Gasteiger partial charge in [0.15, 0.2) is 0 Å². The third kappa shape index (κ3) is 3.61. The predicted octanol–water partition coefficient (Wildman–Crippen LogP) is -1.06. The molecule has 0 aromatic heterocycles. The van der Waals surface area contributed by atoms with E-state index in [1.54, 1.807) is 0 Å². The van der Waals surface area contributed by atoms with Crippen LogP contribution in [0, 0.1) is 5.92 Å². The van der Waals surface area contributed by atoms with Gasteiger partial charge in [-0.15, -0.1) is 0 Å². The van der Waals surface area contributed by atoms with Gasteiger partial charge in [-0.1, -0.05) is 0 Å². The SMILES string of the molecule is CN1CCC(CNCC(N)C(=O)O)C1. The van der Waals surface area contributed by atoms with E-state index in [4.69, 9.17) is 10.8 Å². The van der Waals surface area contributed by atoms with E-state index in [1.165, 1.54) is 6.42 Å². The second kappa shape index (κ2) is 5.29. The molecule has 1 saturated heterocycles. The van der Waals surface area contributed by atoms with E-state index < -0.39 is 12.0 Å². The fourth-order valence-corrected chi connectivity index (χ4v) is 1.72. The zero-order valence-corrected chi connectivity index (χ0v) is 8.57. The Morgan fingerprint density at radius 1 is 1.79 bits per heavy atom. The van der Waals surface area contributed by atoms with Crippen molar-refractivity contribution in [3.05, 3.63) is 0 Å². The lowest BCUT2D eigenvalue weighted by molar-refractivity contribution is -0.138. The first-order chi connectivity index (χ1) is 6.59. The van der Waals surface area contributed by atoms with Crippen LogP contribution in [0.5, 0.6) is 0 Å². The van der Waals surface area contributed by atoms with Crippen molar-refractivity contribution in [2.75, 3.05) is 33.2 Å². The Balaban J connectivity index is 2.07. The Bertz CT molecular complexity index is 198. The molecular weight excluding hydrogens is 182 g/mol. The van der Waals surface area contributed by atoms with Crippen molar-refractivity contribution in [1.82, 2.24) is 10.2 Å². The van der Waals surface area contributed by atoms with Gasteiger partial charge in [-0.2, -0.15) is 0 Å². The lowest BCUT2D eigenvalue weighted by Crippen LogP contribution is -2.41. The highest BCUT2D eigenvalue weighted by molar-refractivity contribution is 5.73. The van der Waals surface area contributed by atoms with Crippen LogP contribution in [0.1, 0.15) is 6.42 Å². The number of carboxylic acid groups (broad SMARTS) is 1. The van der Waals surface area contributed by atoms with Crippen molar-refractivity contribution in [3.8, 4) is 0 Å². The third-order valence-corrected chi connectivity index (χ3v) is 2.60. The summed E-state index contributed by atoms with van der Waals surface area (Å²) >= 11 is 0. The van der Waals surface area contributed by atoms with Gasteiger partial charge in [-0.25, -0.2) is 0 Å². The van der Waals surface area contributed by atoms with Gasteiger partial charge in [0.05, 0.1) is 0 Å². The highest BCUT2D eigenvalue weighted by Gasteiger charge is 2.19. The van der Waals surface area contributed by atoms with Crippen molar-refractivity contribution in [2.45, 2.75) is 12.5 Å². The number of likely N-dealkylation sites (tertiary alicyclic amines) is 1. The summed E-state index contributed by atoms with van der Waals surface area (Å²) in [5.74, 6) is -0.304. The summed E-state index contributed by atoms with van der Waals surface area (Å²) in [6.07, 6.45) is 1.19. The van der Waals surface area contributed by atoms with Crippen LogP contribution < -0.4 is 11.1 Å². The number of aliphatic carboxylic acids is 1. The maximum atomic E-state index is 10.4. The molecule has 5 nitrogen and oxygen atoms in total. The second-order valence-corrected chi connectivity index (χ2v) is 4.02. The van der Waals surface area contributed by atoms with Gasteiger partial charge in [-0.3, -0.25) is 4.79 Å². The largest absolute Gasteiger partial charge is 0.480 e. The second-order valence-electron chi connectivity index (χ2n) is 4.02. The van der Waals surface area contributed by atoms with E-state index in [2.05, 4.69) is 17.3 Å². The minimum Gasteiger partial charge on any atom is -0.480 e. The zero-order valence-electron chi connectivity index (χ0n) is 8.57. The molecular formula is C9H19N3O2. The molecule has 0 radical (unpaired) electrons. The Morgan fingerprint density at radius 3 is 3.00 bits per heavy atom. The first-order valence-corrected chi connectivity index (χ1v) is 4.97. The van der Waals surface area contributed by atoms with E-state index in [-0.39, 0.29) is 0 Å².